The lowest BCUT2D eigenvalue weighted by molar-refractivity contribution is -0.385. The van der Waals surface area contributed by atoms with Crippen LogP contribution in [-0.4, -0.2) is 9.91 Å². The average Bonchev–Trinajstić information content (AvgIpc) is 2.72. The molecule has 0 saturated heterocycles. The van der Waals surface area contributed by atoms with Gasteiger partial charge in [-0.3, -0.25) is 10.1 Å². The Morgan fingerprint density at radius 2 is 2.22 bits per heavy atom. The molecule has 0 amide bonds. The van der Waals surface area contributed by atoms with E-state index in [9.17, 15) is 10.1 Å². The smallest absolute Gasteiger partial charge is 0.272 e. The number of nitro benzene ring substituents is 1. The highest BCUT2D eigenvalue weighted by molar-refractivity contribution is 5.53. The van der Waals surface area contributed by atoms with Gasteiger partial charge in [0.1, 0.15) is 5.76 Å². The zero-order chi connectivity index (χ0) is 13.1. The van der Waals surface area contributed by atoms with Gasteiger partial charge in [0.05, 0.1) is 17.7 Å². The molecule has 6 nitrogen and oxygen atoms in total. The molecule has 0 spiro atoms. The number of aromatic nitrogens is 1. The lowest BCUT2D eigenvalue weighted by Crippen LogP contribution is -2.00. The maximum atomic E-state index is 10.7. The molecule has 0 radical (unpaired) electrons. The Balaban J connectivity index is 2.06. The molecular formula is C12H13N3O3. The number of aryl methyl sites for hydroxylation is 2. The van der Waals surface area contributed by atoms with Gasteiger partial charge in [-0.15, -0.1) is 0 Å². The Kier molecular flexibility index (Phi) is 3.27. The molecule has 0 unspecified atom stereocenters. The Morgan fingerprint density at radius 3 is 2.78 bits per heavy atom. The molecule has 0 aliphatic rings. The largest absolute Gasteiger partial charge is 0.444 e. The summed E-state index contributed by atoms with van der Waals surface area (Å²) in [5, 5.41) is 13.8. The van der Waals surface area contributed by atoms with E-state index in [4.69, 9.17) is 4.42 Å². The third-order valence-electron chi connectivity index (χ3n) is 2.51. The summed E-state index contributed by atoms with van der Waals surface area (Å²) in [6.45, 7) is 3.98. The quantitative estimate of drug-likeness (QED) is 0.663. The van der Waals surface area contributed by atoms with Crippen LogP contribution in [-0.2, 0) is 6.54 Å². The third-order valence-corrected chi connectivity index (χ3v) is 2.51. The second-order valence-electron chi connectivity index (χ2n) is 3.98. The van der Waals surface area contributed by atoms with Gasteiger partial charge in [-0.05, 0) is 26.0 Å². The molecule has 1 aromatic carbocycles. The highest BCUT2D eigenvalue weighted by atomic mass is 16.6. The standard InChI is InChI=1S/C12H13N3O3/c1-8-5-10(3-4-11(8)15(16)17)13-7-12-14-6-9(2)18-12/h3-6,13H,7H2,1-2H3. The normalized spacial score (nSPS) is 10.3. The van der Waals surface area contributed by atoms with Gasteiger partial charge in [-0.25, -0.2) is 4.98 Å². The Bertz CT molecular complexity index is 578. The van der Waals surface area contributed by atoms with E-state index in [1.165, 1.54) is 6.07 Å². The van der Waals surface area contributed by atoms with E-state index in [-0.39, 0.29) is 5.69 Å². The fraction of sp³-hybridized carbons (Fsp3) is 0.250. The van der Waals surface area contributed by atoms with Crippen molar-refractivity contribution in [2.75, 3.05) is 5.32 Å². The monoisotopic (exact) mass is 247 g/mol. The Hall–Kier alpha value is -2.37. The van der Waals surface area contributed by atoms with Crippen molar-refractivity contribution in [2.45, 2.75) is 20.4 Å². The van der Waals surface area contributed by atoms with E-state index in [0.717, 1.165) is 11.4 Å². The van der Waals surface area contributed by atoms with Gasteiger partial charge in [0.2, 0.25) is 5.89 Å². The highest BCUT2D eigenvalue weighted by Crippen LogP contribution is 2.21. The minimum atomic E-state index is -0.392. The summed E-state index contributed by atoms with van der Waals surface area (Å²) in [6.07, 6.45) is 1.65. The van der Waals surface area contributed by atoms with Crippen LogP contribution in [0.1, 0.15) is 17.2 Å². The van der Waals surface area contributed by atoms with Crippen LogP contribution in [0.15, 0.2) is 28.8 Å². The molecule has 1 N–H and O–H groups in total. The second-order valence-corrected chi connectivity index (χ2v) is 3.98. The molecule has 0 aliphatic heterocycles. The van der Waals surface area contributed by atoms with Crippen LogP contribution in [0.2, 0.25) is 0 Å². The van der Waals surface area contributed by atoms with E-state index in [0.29, 0.717) is 18.0 Å². The van der Waals surface area contributed by atoms with E-state index in [1.54, 1.807) is 25.3 Å². The first-order valence-corrected chi connectivity index (χ1v) is 5.46. The molecule has 2 rings (SSSR count). The van der Waals surface area contributed by atoms with Gasteiger partial charge in [0, 0.05) is 17.3 Å². The minimum Gasteiger partial charge on any atom is -0.444 e. The molecular weight excluding hydrogens is 234 g/mol. The minimum absolute atomic E-state index is 0.118. The fourth-order valence-corrected chi connectivity index (χ4v) is 1.63. The van der Waals surface area contributed by atoms with Crippen LogP contribution in [0.25, 0.3) is 0 Å². The van der Waals surface area contributed by atoms with Crippen molar-refractivity contribution in [3.8, 4) is 0 Å². The van der Waals surface area contributed by atoms with E-state index in [1.807, 2.05) is 6.92 Å². The molecule has 0 atom stereocenters. The predicted octanol–water partition coefficient (Wildman–Crippen LogP) is 2.81. The van der Waals surface area contributed by atoms with Crippen molar-refractivity contribution >= 4 is 11.4 Å². The maximum absolute atomic E-state index is 10.7. The van der Waals surface area contributed by atoms with E-state index >= 15 is 0 Å². The summed E-state index contributed by atoms with van der Waals surface area (Å²) in [6, 6.07) is 4.88. The SMILES string of the molecule is Cc1cnc(CNc2ccc([N+](=O)[O-])c(C)c2)o1. The number of nitrogens with one attached hydrogen (secondary N) is 1. The number of hydrogen-bond acceptors (Lipinski definition) is 5. The van der Waals surface area contributed by atoms with Crippen LogP contribution in [0, 0.1) is 24.0 Å². The average molecular weight is 247 g/mol. The Morgan fingerprint density at radius 1 is 1.44 bits per heavy atom. The van der Waals surface area contributed by atoms with Crippen LogP contribution in [0.4, 0.5) is 11.4 Å². The van der Waals surface area contributed by atoms with Gasteiger partial charge in [0.15, 0.2) is 0 Å². The van der Waals surface area contributed by atoms with Crippen LogP contribution in [0.3, 0.4) is 0 Å². The first-order valence-electron chi connectivity index (χ1n) is 5.46. The number of oxazole rings is 1. The van der Waals surface area contributed by atoms with Crippen LogP contribution >= 0.6 is 0 Å². The summed E-state index contributed by atoms with van der Waals surface area (Å²) < 4.78 is 5.32. The highest BCUT2D eigenvalue weighted by Gasteiger charge is 2.10. The zero-order valence-electron chi connectivity index (χ0n) is 10.1. The summed E-state index contributed by atoms with van der Waals surface area (Å²) >= 11 is 0. The summed E-state index contributed by atoms with van der Waals surface area (Å²) in [5.74, 6) is 1.34. The summed E-state index contributed by atoms with van der Waals surface area (Å²) in [5.41, 5.74) is 1.54. The topological polar surface area (TPSA) is 81.2 Å². The molecule has 1 aromatic heterocycles. The van der Waals surface area contributed by atoms with Gasteiger partial charge in [0.25, 0.3) is 5.69 Å². The molecule has 2 aromatic rings. The van der Waals surface area contributed by atoms with Gasteiger partial charge in [-0.2, -0.15) is 0 Å². The molecule has 0 fully saturated rings. The van der Waals surface area contributed by atoms with Gasteiger partial charge in [-0.1, -0.05) is 0 Å². The van der Waals surface area contributed by atoms with Crippen molar-refractivity contribution in [1.82, 2.24) is 4.98 Å². The number of benzene rings is 1. The first-order chi connectivity index (χ1) is 8.56. The maximum Gasteiger partial charge on any atom is 0.272 e. The lowest BCUT2D eigenvalue weighted by Gasteiger charge is -2.05. The molecule has 18 heavy (non-hydrogen) atoms. The zero-order valence-corrected chi connectivity index (χ0v) is 10.1. The van der Waals surface area contributed by atoms with Crippen molar-refractivity contribution in [2.24, 2.45) is 0 Å². The molecule has 0 aliphatic carbocycles. The third kappa shape index (κ3) is 2.65. The summed E-state index contributed by atoms with van der Waals surface area (Å²) in [4.78, 5) is 14.3. The van der Waals surface area contributed by atoms with Gasteiger partial charge >= 0.3 is 0 Å². The molecule has 0 saturated carbocycles. The van der Waals surface area contributed by atoms with E-state index in [2.05, 4.69) is 10.3 Å². The Labute approximate surface area is 104 Å². The molecule has 0 bridgehead atoms. The number of rotatable bonds is 4. The number of hydrogen-bond donors (Lipinski definition) is 1. The van der Waals surface area contributed by atoms with Crippen molar-refractivity contribution in [1.29, 1.82) is 0 Å². The first kappa shape index (κ1) is 12.1. The number of nitro groups is 1. The number of anilines is 1. The lowest BCUT2D eigenvalue weighted by atomic mass is 10.2. The van der Waals surface area contributed by atoms with Crippen molar-refractivity contribution < 1.29 is 9.34 Å². The number of nitrogens with zero attached hydrogens (tertiary/aromatic N) is 2. The van der Waals surface area contributed by atoms with Gasteiger partial charge < -0.3 is 9.73 Å². The second kappa shape index (κ2) is 4.87. The van der Waals surface area contributed by atoms with E-state index < -0.39 is 4.92 Å². The van der Waals surface area contributed by atoms with Crippen molar-refractivity contribution in [3.63, 3.8) is 0 Å². The summed E-state index contributed by atoms with van der Waals surface area (Å²) in [7, 11) is 0. The molecule has 6 heteroatoms. The van der Waals surface area contributed by atoms with Crippen molar-refractivity contribution in [3.05, 3.63) is 51.7 Å². The van der Waals surface area contributed by atoms with Crippen LogP contribution < -0.4 is 5.32 Å². The fourth-order valence-electron chi connectivity index (χ4n) is 1.63. The predicted molar refractivity (Wildman–Crippen MR) is 66.4 cm³/mol. The molecule has 1 heterocycles. The van der Waals surface area contributed by atoms with Crippen LogP contribution in [0.5, 0.6) is 0 Å². The molecule has 94 valence electrons.